The van der Waals surface area contributed by atoms with Crippen LogP contribution in [0.25, 0.3) is 0 Å². The van der Waals surface area contributed by atoms with E-state index in [1.807, 2.05) is 18.2 Å². The first-order chi connectivity index (χ1) is 12.1. The molecule has 0 saturated carbocycles. The second kappa shape index (κ2) is 7.83. The molecule has 25 heavy (non-hydrogen) atoms. The monoisotopic (exact) mass is 359 g/mol. The van der Waals surface area contributed by atoms with Gasteiger partial charge in [0, 0.05) is 6.54 Å². The second-order valence-corrected chi connectivity index (χ2v) is 7.89. The molecule has 1 saturated heterocycles. The van der Waals surface area contributed by atoms with Crippen molar-refractivity contribution >= 4 is 10.0 Å². The van der Waals surface area contributed by atoms with Crippen LogP contribution in [0, 0.1) is 11.3 Å². The van der Waals surface area contributed by atoms with E-state index in [1.54, 1.807) is 18.4 Å². The molecule has 2 heterocycles. The van der Waals surface area contributed by atoms with Crippen molar-refractivity contribution in [1.82, 2.24) is 9.62 Å². The first kappa shape index (κ1) is 17.7. The fourth-order valence-electron chi connectivity index (χ4n) is 3.13. The number of piperidine rings is 1. The van der Waals surface area contributed by atoms with Crippen molar-refractivity contribution in [2.45, 2.75) is 30.2 Å². The Labute approximate surface area is 148 Å². The maximum absolute atomic E-state index is 12.6. The Bertz CT molecular complexity index is 835. The Kier molecular flexibility index (Phi) is 5.53. The van der Waals surface area contributed by atoms with Crippen LogP contribution < -0.4 is 4.72 Å². The number of rotatable bonds is 6. The summed E-state index contributed by atoms with van der Waals surface area (Å²) in [6.45, 7) is 2.08. The molecule has 0 spiro atoms. The molecular weight excluding hydrogens is 338 g/mol. The highest BCUT2D eigenvalue weighted by atomic mass is 32.2. The molecule has 1 atom stereocenters. The molecule has 1 aliphatic rings. The standard InChI is InChI=1S/C18H21N3O3S/c19-13-15-6-4-7-16(12-15)25(22,23)20-14-17(18-8-5-11-24-18)21-9-2-1-3-10-21/h4-8,11-12,17,20H,1-3,9-10,14H2/t17-/m0/s1. The third kappa shape index (κ3) is 4.28. The van der Waals surface area contributed by atoms with Crippen LogP contribution in [0.5, 0.6) is 0 Å². The Hall–Kier alpha value is -2.14. The van der Waals surface area contributed by atoms with Crippen LogP contribution in [0.1, 0.15) is 36.6 Å². The van der Waals surface area contributed by atoms with Crippen LogP contribution in [0.15, 0.2) is 52.0 Å². The van der Waals surface area contributed by atoms with Gasteiger partial charge in [-0.3, -0.25) is 4.90 Å². The molecule has 2 aromatic rings. The molecule has 132 valence electrons. The number of hydrogen-bond acceptors (Lipinski definition) is 5. The van der Waals surface area contributed by atoms with E-state index in [0.29, 0.717) is 5.56 Å². The van der Waals surface area contributed by atoms with Gasteiger partial charge in [-0.15, -0.1) is 0 Å². The number of nitrogens with zero attached hydrogens (tertiary/aromatic N) is 2. The molecule has 7 heteroatoms. The fraction of sp³-hybridized carbons (Fsp3) is 0.389. The van der Waals surface area contributed by atoms with Gasteiger partial charge in [-0.25, -0.2) is 13.1 Å². The van der Waals surface area contributed by atoms with Crippen molar-refractivity contribution < 1.29 is 12.8 Å². The highest BCUT2D eigenvalue weighted by molar-refractivity contribution is 7.89. The minimum atomic E-state index is -3.69. The molecule has 0 unspecified atom stereocenters. The van der Waals surface area contributed by atoms with Gasteiger partial charge >= 0.3 is 0 Å². The van der Waals surface area contributed by atoms with Crippen LogP contribution in [0.4, 0.5) is 0 Å². The summed E-state index contributed by atoms with van der Waals surface area (Å²) in [4.78, 5) is 2.36. The molecule has 1 aliphatic heterocycles. The van der Waals surface area contributed by atoms with Gasteiger partial charge in [-0.1, -0.05) is 12.5 Å². The first-order valence-corrected chi connectivity index (χ1v) is 9.86. The summed E-state index contributed by atoms with van der Waals surface area (Å²) in [5.41, 5.74) is 0.321. The third-order valence-corrected chi connectivity index (χ3v) is 5.86. The lowest BCUT2D eigenvalue weighted by atomic mass is 10.1. The van der Waals surface area contributed by atoms with E-state index < -0.39 is 10.0 Å². The molecule has 1 fully saturated rings. The molecule has 0 amide bonds. The van der Waals surface area contributed by atoms with E-state index in [4.69, 9.17) is 9.68 Å². The van der Waals surface area contributed by atoms with Crippen LogP contribution in [0.3, 0.4) is 0 Å². The van der Waals surface area contributed by atoms with Gasteiger partial charge in [0.05, 0.1) is 28.8 Å². The quantitative estimate of drug-likeness (QED) is 0.857. The zero-order valence-corrected chi connectivity index (χ0v) is 14.7. The zero-order chi connectivity index (χ0) is 17.7. The number of sulfonamides is 1. The largest absolute Gasteiger partial charge is 0.468 e. The van der Waals surface area contributed by atoms with Crippen LogP contribution in [-0.4, -0.2) is 33.0 Å². The Morgan fingerprint density at radius 1 is 1.20 bits per heavy atom. The normalized spacial score (nSPS) is 17.1. The maximum atomic E-state index is 12.6. The predicted octanol–water partition coefficient (Wildman–Crippen LogP) is 2.66. The molecule has 6 nitrogen and oxygen atoms in total. The minimum Gasteiger partial charge on any atom is -0.468 e. The van der Waals surface area contributed by atoms with Crippen LogP contribution in [-0.2, 0) is 10.0 Å². The summed E-state index contributed by atoms with van der Waals surface area (Å²) in [5, 5.41) is 8.96. The molecular formula is C18H21N3O3S. The Morgan fingerprint density at radius 2 is 2.00 bits per heavy atom. The molecule has 1 aromatic carbocycles. The number of furan rings is 1. The molecule has 0 bridgehead atoms. The topological polar surface area (TPSA) is 86.3 Å². The summed E-state index contributed by atoms with van der Waals surface area (Å²) in [6.07, 6.45) is 5.02. The van der Waals surface area contributed by atoms with Gasteiger partial charge in [-0.05, 0) is 56.3 Å². The van der Waals surface area contributed by atoms with Crippen LogP contribution >= 0.6 is 0 Å². The van der Waals surface area contributed by atoms with E-state index in [1.165, 1.54) is 18.6 Å². The lowest BCUT2D eigenvalue weighted by molar-refractivity contribution is 0.147. The Balaban J connectivity index is 1.77. The highest BCUT2D eigenvalue weighted by Gasteiger charge is 2.26. The molecule has 1 N–H and O–H groups in total. The lowest BCUT2D eigenvalue weighted by Crippen LogP contribution is -2.40. The molecule has 1 aromatic heterocycles. The van der Waals surface area contributed by atoms with E-state index in [2.05, 4.69) is 9.62 Å². The van der Waals surface area contributed by atoms with Crippen molar-refractivity contribution in [3.63, 3.8) is 0 Å². The summed E-state index contributed by atoms with van der Waals surface area (Å²) in [5.74, 6) is 0.760. The van der Waals surface area contributed by atoms with Gasteiger partial charge in [0.2, 0.25) is 10.0 Å². The lowest BCUT2D eigenvalue weighted by Gasteiger charge is -2.33. The summed E-state index contributed by atoms with van der Waals surface area (Å²) >= 11 is 0. The van der Waals surface area contributed by atoms with Crippen molar-refractivity contribution in [1.29, 1.82) is 5.26 Å². The second-order valence-electron chi connectivity index (χ2n) is 6.12. The van der Waals surface area contributed by atoms with Gasteiger partial charge in [0.25, 0.3) is 0 Å². The number of nitrogens with one attached hydrogen (secondary N) is 1. The highest BCUT2D eigenvalue weighted by Crippen LogP contribution is 2.25. The van der Waals surface area contributed by atoms with Gasteiger partial charge < -0.3 is 4.42 Å². The van der Waals surface area contributed by atoms with Gasteiger partial charge in [-0.2, -0.15) is 5.26 Å². The minimum absolute atomic E-state index is 0.100. The van der Waals surface area contributed by atoms with E-state index >= 15 is 0 Å². The average Bonchev–Trinajstić information content (AvgIpc) is 3.17. The zero-order valence-electron chi connectivity index (χ0n) is 13.9. The number of hydrogen-bond donors (Lipinski definition) is 1. The molecule has 0 radical (unpaired) electrons. The Morgan fingerprint density at radius 3 is 2.68 bits per heavy atom. The van der Waals surface area contributed by atoms with Crippen LogP contribution in [0.2, 0.25) is 0 Å². The predicted molar refractivity (Wildman–Crippen MR) is 93.2 cm³/mol. The SMILES string of the molecule is N#Cc1cccc(S(=O)(=O)NC[C@@H](c2ccco2)N2CCCCC2)c1. The summed E-state index contributed by atoms with van der Waals surface area (Å²) < 4.78 is 33.4. The van der Waals surface area contributed by atoms with Crippen molar-refractivity contribution in [3.8, 4) is 6.07 Å². The van der Waals surface area contributed by atoms with E-state index in [9.17, 15) is 8.42 Å². The third-order valence-electron chi connectivity index (χ3n) is 4.44. The number of likely N-dealkylation sites (tertiary alicyclic amines) is 1. The van der Waals surface area contributed by atoms with E-state index in [-0.39, 0.29) is 17.5 Å². The first-order valence-electron chi connectivity index (χ1n) is 8.37. The summed E-state index contributed by atoms with van der Waals surface area (Å²) in [6, 6.07) is 11.5. The van der Waals surface area contributed by atoms with Gasteiger partial charge in [0.15, 0.2) is 0 Å². The van der Waals surface area contributed by atoms with Crippen molar-refractivity contribution in [2.24, 2.45) is 0 Å². The van der Waals surface area contributed by atoms with Gasteiger partial charge in [0.1, 0.15) is 5.76 Å². The molecule has 3 rings (SSSR count). The van der Waals surface area contributed by atoms with Crippen molar-refractivity contribution in [3.05, 3.63) is 54.0 Å². The fourth-order valence-corrected chi connectivity index (χ4v) is 4.21. The maximum Gasteiger partial charge on any atom is 0.240 e. The number of nitriles is 1. The van der Waals surface area contributed by atoms with E-state index in [0.717, 1.165) is 31.7 Å². The summed E-state index contributed by atoms with van der Waals surface area (Å²) in [7, 11) is -3.69. The van der Waals surface area contributed by atoms with Crippen molar-refractivity contribution in [2.75, 3.05) is 19.6 Å². The number of benzene rings is 1. The molecule has 0 aliphatic carbocycles. The average molecular weight is 359 g/mol. The smallest absolute Gasteiger partial charge is 0.240 e.